The lowest BCUT2D eigenvalue weighted by atomic mass is 9.47. The van der Waals surface area contributed by atoms with Gasteiger partial charge in [-0.15, -0.1) is 0 Å². The van der Waals surface area contributed by atoms with Crippen molar-refractivity contribution in [3.63, 3.8) is 0 Å². The van der Waals surface area contributed by atoms with Crippen LogP contribution in [0.1, 0.15) is 85.5 Å². The predicted molar refractivity (Wildman–Crippen MR) is 242 cm³/mol. The van der Waals surface area contributed by atoms with Gasteiger partial charge in [-0.1, -0.05) is 39.3 Å². The molecule has 418 valence electrons. The first-order valence-corrected chi connectivity index (χ1v) is 25.8. The molecular weight excluding hydrogens is 973 g/mol. The number of hydrogen-bond acceptors (Lipinski definition) is 24. The third-order valence-electron chi connectivity index (χ3n) is 18.1. The van der Waals surface area contributed by atoms with Crippen LogP contribution in [0, 0.1) is 46.3 Å². The largest absolute Gasteiger partial charge is 0.394 e. The van der Waals surface area contributed by atoms with Gasteiger partial charge in [0.1, 0.15) is 97.0 Å². The molecule has 14 N–H and O–H groups in total. The van der Waals surface area contributed by atoms with Crippen LogP contribution in [0.25, 0.3) is 0 Å². The lowest BCUT2D eigenvalue weighted by molar-refractivity contribution is -0.405. The quantitative estimate of drug-likeness (QED) is 0.0654. The number of Topliss-reactive ketones (excluding diaryl/α,β-unsaturated/α-hetero) is 2. The first-order valence-electron chi connectivity index (χ1n) is 25.8. The Bertz CT molecular complexity index is 1930. The van der Waals surface area contributed by atoms with Gasteiger partial charge in [-0.05, 0) is 79.4 Å². The zero-order valence-corrected chi connectivity index (χ0v) is 41.5. The van der Waals surface area contributed by atoms with Crippen LogP contribution in [0.15, 0.2) is 11.6 Å². The summed E-state index contributed by atoms with van der Waals surface area (Å²) >= 11 is 0. The monoisotopic (exact) mass is 1050 g/mol. The fourth-order valence-corrected chi connectivity index (χ4v) is 13.6. The Morgan fingerprint density at radius 3 is 1.84 bits per heavy atom. The number of carbonyl (C=O) groups is 2. The van der Waals surface area contributed by atoms with Crippen LogP contribution in [0.3, 0.4) is 0 Å². The van der Waals surface area contributed by atoms with E-state index in [0.717, 1.165) is 18.4 Å². The molecule has 0 radical (unpaired) electrons. The summed E-state index contributed by atoms with van der Waals surface area (Å²) in [6.07, 6.45) is -28.2. The van der Waals surface area contributed by atoms with Gasteiger partial charge in [-0.2, -0.15) is 0 Å². The number of aliphatic hydroxyl groups excluding tert-OH is 14. The maximum absolute atomic E-state index is 14.1. The Kier molecular flexibility index (Phi) is 18.0. The second-order valence-corrected chi connectivity index (χ2v) is 22.5. The minimum atomic E-state index is -2.03. The molecule has 0 spiro atoms. The molecule has 0 aromatic rings. The average Bonchev–Trinajstić information content (AvgIpc) is 3.64. The molecule has 7 fully saturated rings. The smallest absolute Gasteiger partial charge is 0.189 e. The first kappa shape index (κ1) is 57.4. The van der Waals surface area contributed by atoms with E-state index in [1.807, 2.05) is 13.8 Å². The Morgan fingerprint density at radius 1 is 0.644 bits per heavy atom. The molecule has 4 aliphatic carbocycles. The highest BCUT2D eigenvalue weighted by molar-refractivity contribution is 5.92. The summed E-state index contributed by atoms with van der Waals surface area (Å²) in [6.45, 7) is 6.79. The normalized spacial score (nSPS) is 51.1. The molecule has 29 atom stereocenters. The molecule has 0 bridgehead atoms. The van der Waals surface area contributed by atoms with Crippen molar-refractivity contribution in [1.29, 1.82) is 0 Å². The predicted octanol–water partition coefficient (Wildman–Crippen LogP) is -4.07. The van der Waals surface area contributed by atoms with Crippen molar-refractivity contribution in [2.45, 2.75) is 215 Å². The van der Waals surface area contributed by atoms with Crippen molar-refractivity contribution in [2.24, 2.45) is 46.3 Å². The third kappa shape index (κ3) is 10.9. The van der Waals surface area contributed by atoms with Gasteiger partial charge in [0, 0.05) is 24.7 Å². The van der Waals surface area contributed by atoms with Gasteiger partial charge in [0.2, 0.25) is 0 Å². The number of rotatable bonds is 16. The number of carbonyl (C=O) groups excluding carboxylic acids is 2. The van der Waals surface area contributed by atoms with Crippen molar-refractivity contribution in [3.8, 4) is 0 Å². The maximum Gasteiger partial charge on any atom is 0.189 e. The highest BCUT2D eigenvalue weighted by Gasteiger charge is 2.63. The Balaban J connectivity index is 0.916. The number of aliphatic hydroxyl groups is 14. The van der Waals surface area contributed by atoms with Crippen LogP contribution in [0.2, 0.25) is 0 Å². The summed E-state index contributed by atoms with van der Waals surface area (Å²) in [7, 11) is 0. The molecule has 3 saturated carbocycles. The van der Waals surface area contributed by atoms with Crippen LogP contribution in [-0.4, -0.2) is 232 Å². The molecule has 0 aromatic heterocycles. The SMILES string of the molecule is C[C@H](CCC(=O)[C@@H](C)C1C(=O)C[C@H]2[C@@H]3CC=C4CC(O[C@@H]5OC(CO)[C@@H](O[C@@H]6OC(O)[C@H](O)C(O)C6O)C(O)C5O[C@@H]5OC(O)[C@H](O)C(O)C5O)CC[C@]4(C)[C@H]3CC[C@]12C)CO[C@@H]1OC(CO)[C@@H](O)C(O)C1O. The van der Waals surface area contributed by atoms with Gasteiger partial charge in [-0.25, -0.2) is 0 Å². The molecule has 4 heterocycles. The maximum atomic E-state index is 14.1. The summed E-state index contributed by atoms with van der Waals surface area (Å²) in [6, 6.07) is 0. The van der Waals surface area contributed by atoms with Crippen LogP contribution in [0.5, 0.6) is 0 Å². The highest BCUT2D eigenvalue weighted by Crippen LogP contribution is 2.66. The van der Waals surface area contributed by atoms with Gasteiger partial charge < -0.3 is 109 Å². The number of allylic oxidation sites excluding steroid dienone is 1. The van der Waals surface area contributed by atoms with E-state index in [4.69, 9.17) is 37.9 Å². The first-order chi connectivity index (χ1) is 34.4. The molecular formula is C49H78O24. The lowest BCUT2D eigenvalue weighted by Crippen LogP contribution is -2.67. The van der Waals surface area contributed by atoms with E-state index in [1.165, 1.54) is 0 Å². The van der Waals surface area contributed by atoms with Crippen LogP contribution in [-0.2, 0) is 47.5 Å². The molecule has 4 aliphatic heterocycles. The molecule has 4 saturated heterocycles. The van der Waals surface area contributed by atoms with E-state index in [-0.39, 0.29) is 53.7 Å². The molecule has 73 heavy (non-hydrogen) atoms. The van der Waals surface area contributed by atoms with Gasteiger partial charge in [0.05, 0.1) is 25.9 Å². The molecule has 8 aliphatic rings. The van der Waals surface area contributed by atoms with Crippen molar-refractivity contribution < 1.29 is 119 Å². The van der Waals surface area contributed by atoms with Crippen LogP contribution >= 0.6 is 0 Å². The molecule has 14 unspecified atom stereocenters. The van der Waals surface area contributed by atoms with E-state index in [1.54, 1.807) is 0 Å². The number of fused-ring (bicyclic) bond motifs is 5. The summed E-state index contributed by atoms with van der Waals surface area (Å²) < 4.78 is 46.0. The number of ether oxygens (including phenoxy) is 8. The summed E-state index contributed by atoms with van der Waals surface area (Å²) in [5.74, 6) is -0.653. The molecule has 24 nitrogen and oxygen atoms in total. The van der Waals surface area contributed by atoms with E-state index < -0.39 is 160 Å². The third-order valence-corrected chi connectivity index (χ3v) is 18.1. The zero-order chi connectivity index (χ0) is 53.2. The molecule has 0 amide bonds. The Labute approximate surface area is 422 Å². The Morgan fingerprint density at radius 2 is 1.22 bits per heavy atom. The van der Waals surface area contributed by atoms with Gasteiger partial charge in [0.25, 0.3) is 0 Å². The average molecular weight is 1050 g/mol. The second kappa shape index (κ2) is 22.9. The van der Waals surface area contributed by atoms with Crippen molar-refractivity contribution in [3.05, 3.63) is 11.6 Å². The summed E-state index contributed by atoms with van der Waals surface area (Å²) in [5.41, 5.74) is 0.436. The van der Waals surface area contributed by atoms with Crippen molar-refractivity contribution in [2.75, 3.05) is 19.8 Å². The Hall–Kier alpha value is -1.80. The van der Waals surface area contributed by atoms with E-state index in [2.05, 4.69) is 19.9 Å². The van der Waals surface area contributed by atoms with E-state index in [9.17, 15) is 81.1 Å². The standard InChI is InChI=1S/C49H78O24/c1-18(17-66-44-36(60)31(55)30(54)27(15-50)68-44)5-8-25(52)19(2)29-26(53)14-24-22-7-6-20-13-21(9-11-48(20,3)23(22)10-12-49(24,29)4)67-47-41(71-46-38(62)33(57)35(59)43(65)73-46)39(63)40(28(16-51)69-47)70-45-37(61)32(56)34(58)42(64)72-45/h6,18-19,21-24,27-47,50-51,54-65H,5,7-17H2,1-4H3/t18-,19-,21?,22-,23+,24+,27?,28?,29?,30-,31?,32?,33?,34-,35-,36?,37?,38?,39?,40-,41?,42?,43?,44-,45-,46-,47-,48+,49+/m1/s1. The van der Waals surface area contributed by atoms with Crippen molar-refractivity contribution >= 4 is 11.6 Å². The van der Waals surface area contributed by atoms with Gasteiger partial charge in [0.15, 0.2) is 37.7 Å². The fourth-order valence-electron chi connectivity index (χ4n) is 13.6. The highest BCUT2D eigenvalue weighted by atomic mass is 16.8. The minimum absolute atomic E-state index is 0.0255. The summed E-state index contributed by atoms with van der Waals surface area (Å²) in [5, 5.41) is 145. The number of hydrogen-bond donors (Lipinski definition) is 14. The van der Waals surface area contributed by atoms with Gasteiger partial charge >= 0.3 is 0 Å². The lowest BCUT2D eigenvalue weighted by Gasteiger charge is -2.58. The minimum Gasteiger partial charge on any atom is -0.394 e. The van der Waals surface area contributed by atoms with Crippen LogP contribution < -0.4 is 0 Å². The molecule has 0 aromatic carbocycles. The van der Waals surface area contributed by atoms with Crippen molar-refractivity contribution in [1.82, 2.24) is 0 Å². The molecule has 8 rings (SSSR count). The number of ketones is 2. The van der Waals surface area contributed by atoms with E-state index >= 15 is 0 Å². The topological polar surface area (TPSA) is 391 Å². The van der Waals surface area contributed by atoms with Crippen LogP contribution in [0.4, 0.5) is 0 Å². The van der Waals surface area contributed by atoms with E-state index in [0.29, 0.717) is 38.5 Å². The zero-order valence-electron chi connectivity index (χ0n) is 41.5. The summed E-state index contributed by atoms with van der Waals surface area (Å²) in [4.78, 5) is 28.0. The second-order valence-electron chi connectivity index (χ2n) is 22.5. The van der Waals surface area contributed by atoms with Gasteiger partial charge in [-0.3, -0.25) is 9.59 Å². The molecule has 24 heteroatoms. The fraction of sp³-hybridized carbons (Fsp3) is 0.918.